The average Bonchev–Trinajstić information content (AvgIpc) is 3.01. The first-order valence-corrected chi connectivity index (χ1v) is 7.78. The monoisotopic (exact) mass is 342 g/mol. The first kappa shape index (κ1) is 16.0. The number of nitrogens with zero attached hydrogens (tertiary/aromatic N) is 1. The van der Waals surface area contributed by atoms with Crippen molar-refractivity contribution in [3.05, 3.63) is 64.9 Å². The van der Waals surface area contributed by atoms with Gasteiger partial charge in [-0.2, -0.15) is 0 Å². The Bertz CT molecular complexity index is 858. The van der Waals surface area contributed by atoms with E-state index < -0.39 is 5.91 Å². The van der Waals surface area contributed by atoms with Gasteiger partial charge in [0.05, 0.1) is 21.6 Å². The van der Waals surface area contributed by atoms with Crippen LogP contribution in [0.2, 0.25) is 5.02 Å². The Morgan fingerprint density at radius 3 is 2.58 bits per heavy atom. The molecule has 0 spiro atoms. The third-order valence-electron chi connectivity index (χ3n) is 3.46. The Balaban J connectivity index is 1.51. The summed E-state index contributed by atoms with van der Waals surface area (Å²) in [7, 11) is 0. The predicted molar refractivity (Wildman–Crippen MR) is 91.5 cm³/mol. The quantitative estimate of drug-likeness (QED) is 0.637. The number of nitrogens with one attached hydrogen (secondary N) is 3. The number of aromatic nitrogens is 2. The maximum Gasteiger partial charge on any atom is 0.271 e. The molecule has 1 aromatic heterocycles. The van der Waals surface area contributed by atoms with Gasteiger partial charge >= 0.3 is 0 Å². The highest BCUT2D eigenvalue weighted by atomic mass is 35.5. The van der Waals surface area contributed by atoms with Crippen molar-refractivity contribution in [1.82, 2.24) is 20.8 Å². The number of hydrazine groups is 1. The number of carbonyl (C=O) groups is 2. The Labute approximate surface area is 143 Å². The van der Waals surface area contributed by atoms with Gasteiger partial charge in [-0.05, 0) is 24.3 Å². The molecule has 6 nitrogen and oxygen atoms in total. The predicted octanol–water partition coefficient (Wildman–Crippen LogP) is 2.61. The molecule has 3 rings (SSSR count). The van der Waals surface area contributed by atoms with Crippen molar-refractivity contribution in [3.8, 4) is 0 Å². The highest BCUT2D eigenvalue weighted by Crippen LogP contribution is 2.14. The summed E-state index contributed by atoms with van der Waals surface area (Å²) >= 11 is 5.93. The van der Waals surface area contributed by atoms with Gasteiger partial charge in [0.15, 0.2) is 0 Å². The van der Waals surface area contributed by atoms with Crippen LogP contribution in [0.3, 0.4) is 0 Å². The van der Waals surface area contributed by atoms with Crippen molar-refractivity contribution >= 4 is 34.4 Å². The smallest absolute Gasteiger partial charge is 0.271 e. The van der Waals surface area contributed by atoms with Gasteiger partial charge < -0.3 is 4.98 Å². The number of amides is 2. The molecule has 24 heavy (non-hydrogen) atoms. The zero-order valence-electron chi connectivity index (χ0n) is 12.7. The molecule has 122 valence electrons. The topological polar surface area (TPSA) is 86.9 Å². The number of halogens is 1. The molecule has 0 saturated heterocycles. The number of hydrogen-bond acceptors (Lipinski definition) is 3. The fraction of sp³-hybridized carbons (Fsp3) is 0.118. The summed E-state index contributed by atoms with van der Waals surface area (Å²) in [4.78, 5) is 31.3. The molecule has 3 N–H and O–H groups in total. The van der Waals surface area contributed by atoms with Crippen molar-refractivity contribution in [2.24, 2.45) is 0 Å². The molecular weight excluding hydrogens is 328 g/mol. The summed E-state index contributed by atoms with van der Waals surface area (Å²) in [5.74, 6) is -0.0441. The summed E-state index contributed by atoms with van der Waals surface area (Å²) in [6.45, 7) is 0. The first-order valence-electron chi connectivity index (χ1n) is 7.41. The number of aromatic amines is 1. The molecule has 0 radical (unpaired) electrons. The number of hydrogen-bond donors (Lipinski definition) is 3. The maximum absolute atomic E-state index is 11.9. The minimum Gasteiger partial charge on any atom is -0.342 e. The van der Waals surface area contributed by atoms with Gasteiger partial charge in [-0.3, -0.25) is 20.4 Å². The Morgan fingerprint density at radius 2 is 1.79 bits per heavy atom. The van der Waals surface area contributed by atoms with Crippen LogP contribution in [-0.2, 0) is 11.2 Å². The number of carbonyl (C=O) groups excluding carboxylic acids is 2. The van der Waals surface area contributed by atoms with E-state index in [0.29, 0.717) is 17.0 Å². The SMILES string of the molecule is O=C(CCc1nc2ccccc2[nH]1)NNC(=O)c1ccccc1Cl. The van der Waals surface area contributed by atoms with Crippen LogP contribution >= 0.6 is 11.6 Å². The van der Waals surface area contributed by atoms with Gasteiger partial charge in [0.2, 0.25) is 5.91 Å². The third kappa shape index (κ3) is 3.72. The Kier molecular flexibility index (Phi) is 4.77. The second kappa shape index (κ2) is 7.14. The summed E-state index contributed by atoms with van der Waals surface area (Å²) in [5, 5.41) is 0.325. The zero-order chi connectivity index (χ0) is 16.9. The Hall–Kier alpha value is -2.86. The van der Waals surface area contributed by atoms with Crippen molar-refractivity contribution < 1.29 is 9.59 Å². The van der Waals surface area contributed by atoms with Crippen molar-refractivity contribution in [3.63, 3.8) is 0 Å². The Morgan fingerprint density at radius 1 is 1.04 bits per heavy atom. The molecular formula is C17H15ClN4O2. The fourth-order valence-corrected chi connectivity index (χ4v) is 2.48. The third-order valence-corrected chi connectivity index (χ3v) is 3.79. The van der Waals surface area contributed by atoms with Crippen LogP contribution in [0.25, 0.3) is 11.0 Å². The number of para-hydroxylation sites is 2. The molecule has 0 aliphatic rings. The van der Waals surface area contributed by atoms with E-state index in [0.717, 1.165) is 16.9 Å². The number of imidazole rings is 1. The number of fused-ring (bicyclic) bond motifs is 1. The van der Waals surface area contributed by atoms with Crippen molar-refractivity contribution in [2.45, 2.75) is 12.8 Å². The van der Waals surface area contributed by atoms with E-state index in [-0.39, 0.29) is 12.3 Å². The molecule has 0 bridgehead atoms. The maximum atomic E-state index is 11.9. The van der Waals surface area contributed by atoms with Gasteiger partial charge in [0, 0.05) is 12.8 Å². The minimum atomic E-state index is -0.460. The molecule has 0 atom stereocenters. The van der Waals surface area contributed by atoms with Gasteiger partial charge in [0.25, 0.3) is 5.91 Å². The van der Waals surface area contributed by atoms with Gasteiger partial charge in [-0.1, -0.05) is 35.9 Å². The summed E-state index contributed by atoms with van der Waals surface area (Å²) < 4.78 is 0. The molecule has 0 fully saturated rings. The lowest BCUT2D eigenvalue weighted by Gasteiger charge is -2.07. The highest BCUT2D eigenvalue weighted by molar-refractivity contribution is 6.33. The molecule has 0 aliphatic carbocycles. The second-order valence-corrected chi connectivity index (χ2v) is 5.59. The van der Waals surface area contributed by atoms with Crippen LogP contribution in [0.4, 0.5) is 0 Å². The molecule has 0 aliphatic heterocycles. The molecule has 7 heteroatoms. The molecule has 0 saturated carbocycles. The number of rotatable bonds is 4. The highest BCUT2D eigenvalue weighted by Gasteiger charge is 2.11. The molecule has 0 unspecified atom stereocenters. The van der Waals surface area contributed by atoms with E-state index in [1.54, 1.807) is 24.3 Å². The molecule has 2 aromatic carbocycles. The van der Waals surface area contributed by atoms with Crippen LogP contribution in [-0.4, -0.2) is 21.8 Å². The summed E-state index contributed by atoms with van der Waals surface area (Å²) in [6.07, 6.45) is 0.644. The van der Waals surface area contributed by atoms with Crippen LogP contribution in [0.1, 0.15) is 22.6 Å². The molecule has 2 amide bonds. The van der Waals surface area contributed by atoms with Gasteiger partial charge in [-0.15, -0.1) is 0 Å². The van der Waals surface area contributed by atoms with E-state index in [9.17, 15) is 9.59 Å². The van der Waals surface area contributed by atoms with E-state index in [2.05, 4.69) is 20.8 Å². The zero-order valence-corrected chi connectivity index (χ0v) is 13.4. The summed E-state index contributed by atoms with van der Waals surface area (Å²) in [6, 6.07) is 14.3. The van der Waals surface area contributed by atoms with E-state index in [1.807, 2.05) is 24.3 Å². The number of H-pyrrole nitrogens is 1. The normalized spacial score (nSPS) is 10.5. The number of benzene rings is 2. The minimum absolute atomic E-state index is 0.197. The lowest BCUT2D eigenvalue weighted by atomic mass is 10.2. The van der Waals surface area contributed by atoms with Crippen LogP contribution in [0.5, 0.6) is 0 Å². The fourth-order valence-electron chi connectivity index (χ4n) is 2.26. The van der Waals surface area contributed by atoms with Crippen molar-refractivity contribution in [2.75, 3.05) is 0 Å². The second-order valence-electron chi connectivity index (χ2n) is 5.18. The van der Waals surface area contributed by atoms with Crippen molar-refractivity contribution in [1.29, 1.82) is 0 Å². The lowest BCUT2D eigenvalue weighted by molar-refractivity contribution is -0.121. The van der Waals surface area contributed by atoms with Crippen LogP contribution < -0.4 is 10.9 Å². The van der Waals surface area contributed by atoms with Crippen LogP contribution in [0, 0.1) is 0 Å². The van der Waals surface area contributed by atoms with E-state index in [4.69, 9.17) is 11.6 Å². The summed E-state index contributed by atoms with van der Waals surface area (Å²) in [5.41, 5.74) is 6.82. The lowest BCUT2D eigenvalue weighted by Crippen LogP contribution is -2.41. The molecule has 1 heterocycles. The van der Waals surface area contributed by atoms with E-state index >= 15 is 0 Å². The van der Waals surface area contributed by atoms with E-state index in [1.165, 1.54) is 0 Å². The molecule has 3 aromatic rings. The van der Waals surface area contributed by atoms with Gasteiger partial charge in [-0.25, -0.2) is 4.98 Å². The average molecular weight is 343 g/mol. The standard InChI is InChI=1S/C17H15ClN4O2/c18-12-6-2-1-5-11(12)17(24)22-21-16(23)10-9-15-19-13-7-3-4-8-14(13)20-15/h1-8H,9-10H2,(H,19,20)(H,21,23)(H,22,24). The van der Waals surface area contributed by atoms with Crippen LogP contribution in [0.15, 0.2) is 48.5 Å². The largest absolute Gasteiger partial charge is 0.342 e. The number of aryl methyl sites for hydroxylation is 1. The van der Waals surface area contributed by atoms with Gasteiger partial charge in [0.1, 0.15) is 5.82 Å². The first-order chi connectivity index (χ1) is 11.6.